The summed E-state index contributed by atoms with van der Waals surface area (Å²) in [5.41, 5.74) is 1.11. The Labute approximate surface area is 104 Å². The van der Waals surface area contributed by atoms with Crippen LogP contribution in [-0.4, -0.2) is 16.5 Å². The first-order valence-corrected chi connectivity index (χ1v) is 6.91. The predicted molar refractivity (Wildman–Crippen MR) is 69.6 cm³/mol. The van der Waals surface area contributed by atoms with E-state index >= 15 is 0 Å². The van der Waals surface area contributed by atoms with E-state index in [4.69, 9.17) is 0 Å². The van der Waals surface area contributed by atoms with Gasteiger partial charge in [-0.25, -0.2) is 0 Å². The van der Waals surface area contributed by atoms with Crippen LogP contribution in [0.2, 0.25) is 0 Å². The summed E-state index contributed by atoms with van der Waals surface area (Å²) in [5.74, 6) is 0.731. The van der Waals surface area contributed by atoms with Gasteiger partial charge in [0.25, 0.3) is 0 Å². The highest BCUT2D eigenvalue weighted by atomic mass is 15.0. The largest absolute Gasteiger partial charge is 0.309 e. The van der Waals surface area contributed by atoms with Crippen LogP contribution in [0.4, 0.5) is 0 Å². The van der Waals surface area contributed by atoms with Crippen LogP contribution < -0.4 is 5.32 Å². The van der Waals surface area contributed by atoms with Crippen molar-refractivity contribution < 1.29 is 0 Å². The fourth-order valence-electron chi connectivity index (χ4n) is 2.85. The highest BCUT2D eigenvalue weighted by Crippen LogP contribution is 2.32. The van der Waals surface area contributed by atoms with Crippen molar-refractivity contribution in [3.8, 4) is 0 Å². The molecule has 17 heavy (non-hydrogen) atoms. The third kappa shape index (κ3) is 3.50. The Morgan fingerprint density at radius 2 is 2.00 bits per heavy atom. The first-order chi connectivity index (χ1) is 8.42. The summed E-state index contributed by atoms with van der Waals surface area (Å²) in [6.07, 6.45) is 13.7. The van der Waals surface area contributed by atoms with E-state index in [-0.39, 0.29) is 0 Å². The lowest BCUT2D eigenvalue weighted by Gasteiger charge is -2.26. The van der Waals surface area contributed by atoms with E-state index in [1.165, 1.54) is 38.5 Å². The average Bonchev–Trinajstić information content (AvgIpc) is 2.66. The maximum absolute atomic E-state index is 4.48. The Kier molecular flexibility index (Phi) is 4.92. The Hall–Kier alpha value is -0.960. The van der Waals surface area contributed by atoms with Gasteiger partial charge in [-0.2, -0.15) is 0 Å². The van der Waals surface area contributed by atoms with Crippen LogP contribution in [0.5, 0.6) is 0 Å². The molecule has 1 aromatic heterocycles. The molecule has 3 heteroatoms. The molecule has 3 nitrogen and oxygen atoms in total. The molecule has 1 heterocycles. The van der Waals surface area contributed by atoms with Crippen molar-refractivity contribution in [1.29, 1.82) is 0 Å². The molecule has 2 rings (SSSR count). The minimum Gasteiger partial charge on any atom is -0.309 e. The standard InChI is InChI=1S/C14H23N3/c1-2-16-14(13-11-15-9-10-17-13)12-7-5-3-4-6-8-12/h9-12,14,16H,2-8H2,1H3. The third-order valence-electron chi connectivity index (χ3n) is 3.70. The number of nitrogens with one attached hydrogen (secondary N) is 1. The second kappa shape index (κ2) is 6.70. The number of rotatable bonds is 4. The first-order valence-electron chi connectivity index (χ1n) is 6.91. The fraction of sp³-hybridized carbons (Fsp3) is 0.714. The van der Waals surface area contributed by atoms with Gasteiger partial charge in [0.15, 0.2) is 0 Å². The number of hydrogen-bond acceptors (Lipinski definition) is 3. The zero-order valence-corrected chi connectivity index (χ0v) is 10.7. The third-order valence-corrected chi connectivity index (χ3v) is 3.70. The lowest BCUT2D eigenvalue weighted by Crippen LogP contribution is -2.29. The molecule has 0 saturated heterocycles. The molecule has 0 aliphatic heterocycles. The summed E-state index contributed by atoms with van der Waals surface area (Å²) in [7, 11) is 0. The van der Waals surface area contributed by atoms with E-state index in [0.29, 0.717) is 6.04 Å². The number of nitrogens with zero attached hydrogens (tertiary/aromatic N) is 2. The summed E-state index contributed by atoms with van der Waals surface area (Å²) in [5, 5.41) is 3.59. The van der Waals surface area contributed by atoms with Gasteiger partial charge in [-0.1, -0.05) is 32.6 Å². The molecular weight excluding hydrogens is 210 g/mol. The van der Waals surface area contributed by atoms with Crippen molar-refractivity contribution in [2.45, 2.75) is 51.5 Å². The van der Waals surface area contributed by atoms with Crippen molar-refractivity contribution >= 4 is 0 Å². The van der Waals surface area contributed by atoms with E-state index < -0.39 is 0 Å². The number of aromatic nitrogens is 2. The van der Waals surface area contributed by atoms with Crippen LogP contribution in [0.1, 0.15) is 57.2 Å². The molecule has 1 aliphatic carbocycles. The van der Waals surface area contributed by atoms with Crippen molar-refractivity contribution in [2.75, 3.05) is 6.54 Å². The van der Waals surface area contributed by atoms with Gasteiger partial charge >= 0.3 is 0 Å². The molecule has 1 fully saturated rings. The quantitative estimate of drug-likeness (QED) is 0.812. The fourth-order valence-corrected chi connectivity index (χ4v) is 2.85. The van der Waals surface area contributed by atoms with Gasteiger partial charge in [0.2, 0.25) is 0 Å². The molecule has 0 radical (unpaired) electrons. The molecule has 1 aromatic rings. The van der Waals surface area contributed by atoms with Gasteiger partial charge in [0.05, 0.1) is 11.7 Å². The van der Waals surface area contributed by atoms with Crippen molar-refractivity contribution in [2.24, 2.45) is 5.92 Å². The van der Waals surface area contributed by atoms with Crippen molar-refractivity contribution in [1.82, 2.24) is 15.3 Å². The Bertz CT molecular complexity index is 305. The molecular formula is C14H23N3. The predicted octanol–water partition coefficient (Wildman–Crippen LogP) is 3.10. The van der Waals surface area contributed by atoms with E-state index in [2.05, 4.69) is 22.2 Å². The zero-order chi connectivity index (χ0) is 11.9. The van der Waals surface area contributed by atoms with E-state index in [1.807, 2.05) is 6.20 Å². The maximum Gasteiger partial charge on any atom is 0.0758 e. The Balaban J connectivity index is 2.10. The monoisotopic (exact) mass is 233 g/mol. The van der Waals surface area contributed by atoms with Crippen LogP contribution in [-0.2, 0) is 0 Å². The van der Waals surface area contributed by atoms with Gasteiger partial charge in [0.1, 0.15) is 0 Å². The highest BCUT2D eigenvalue weighted by Gasteiger charge is 2.24. The molecule has 0 bridgehead atoms. The van der Waals surface area contributed by atoms with Gasteiger partial charge in [-0.05, 0) is 25.3 Å². The molecule has 1 saturated carbocycles. The van der Waals surface area contributed by atoms with Crippen molar-refractivity contribution in [3.63, 3.8) is 0 Å². The molecule has 0 aromatic carbocycles. The second-order valence-corrected chi connectivity index (χ2v) is 4.92. The van der Waals surface area contributed by atoms with Gasteiger partial charge in [-0.15, -0.1) is 0 Å². The van der Waals surface area contributed by atoms with Crippen LogP contribution in [0.15, 0.2) is 18.6 Å². The number of hydrogen-bond donors (Lipinski definition) is 1. The normalized spacial score (nSPS) is 19.8. The maximum atomic E-state index is 4.48. The minimum absolute atomic E-state index is 0.395. The van der Waals surface area contributed by atoms with E-state index in [1.54, 1.807) is 12.4 Å². The molecule has 1 atom stereocenters. The Morgan fingerprint density at radius 1 is 1.24 bits per heavy atom. The highest BCUT2D eigenvalue weighted by molar-refractivity contribution is 5.04. The van der Waals surface area contributed by atoms with Gasteiger partial charge in [-0.3, -0.25) is 9.97 Å². The van der Waals surface area contributed by atoms with Crippen LogP contribution in [0, 0.1) is 5.92 Å². The molecule has 1 N–H and O–H groups in total. The summed E-state index contributed by atoms with van der Waals surface area (Å²) >= 11 is 0. The SMILES string of the molecule is CCNC(c1cnccn1)C1CCCCCC1. The second-order valence-electron chi connectivity index (χ2n) is 4.92. The lowest BCUT2D eigenvalue weighted by atomic mass is 9.90. The van der Waals surface area contributed by atoms with Crippen molar-refractivity contribution in [3.05, 3.63) is 24.3 Å². The summed E-state index contributed by atoms with van der Waals surface area (Å²) in [6.45, 7) is 3.16. The van der Waals surface area contributed by atoms with Crippen LogP contribution >= 0.6 is 0 Å². The van der Waals surface area contributed by atoms with Crippen LogP contribution in [0.3, 0.4) is 0 Å². The average molecular weight is 233 g/mol. The first kappa shape index (κ1) is 12.5. The van der Waals surface area contributed by atoms with Crippen LogP contribution in [0.25, 0.3) is 0 Å². The summed E-state index contributed by atoms with van der Waals surface area (Å²) in [6, 6.07) is 0.395. The molecule has 94 valence electrons. The van der Waals surface area contributed by atoms with E-state index in [0.717, 1.165) is 18.2 Å². The molecule has 1 unspecified atom stereocenters. The van der Waals surface area contributed by atoms with Gasteiger partial charge in [0, 0.05) is 18.6 Å². The topological polar surface area (TPSA) is 37.8 Å². The minimum atomic E-state index is 0.395. The molecule has 0 spiro atoms. The Morgan fingerprint density at radius 3 is 2.59 bits per heavy atom. The summed E-state index contributed by atoms with van der Waals surface area (Å²) in [4.78, 5) is 8.68. The smallest absolute Gasteiger partial charge is 0.0758 e. The zero-order valence-electron chi connectivity index (χ0n) is 10.7. The molecule has 1 aliphatic rings. The van der Waals surface area contributed by atoms with Gasteiger partial charge < -0.3 is 5.32 Å². The van der Waals surface area contributed by atoms with E-state index in [9.17, 15) is 0 Å². The summed E-state index contributed by atoms with van der Waals surface area (Å²) < 4.78 is 0. The molecule has 0 amide bonds. The lowest BCUT2D eigenvalue weighted by molar-refractivity contribution is 0.324.